The number of methoxy groups -OCH3 is 1. The van der Waals surface area contributed by atoms with Crippen LogP contribution in [0.4, 0.5) is 11.4 Å². The molecule has 4 aliphatic rings. The summed E-state index contributed by atoms with van der Waals surface area (Å²) in [6.45, 7) is 0. The van der Waals surface area contributed by atoms with E-state index in [1.54, 1.807) is 0 Å². The van der Waals surface area contributed by atoms with Gasteiger partial charge in [0.1, 0.15) is 5.75 Å². The average Bonchev–Trinajstić information content (AvgIpc) is 2.52. The van der Waals surface area contributed by atoms with Crippen LogP contribution in [-0.2, 0) is 4.79 Å². The molecule has 0 heterocycles. The van der Waals surface area contributed by atoms with Crippen molar-refractivity contribution in [3.63, 3.8) is 0 Å². The second-order valence-corrected chi connectivity index (χ2v) is 8.28. The number of non-ortho nitro benzene ring substituents is 1. The molecule has 6 nitrogen and oxygen atoms in total. The molecule has 25 heavy (non-hydrogen) atoms. The molecule has 0 radical (unpaired) electrons. The summed E-state index contributed by atoms with van der Waals surface area (Å²) in [5.41, 5.74) is 0.476. The van der Waals surface area contributed by atoms with E-state index in [1.807, 2.05) is 0 Å². The Labute approximate surface area is 147 Å². The average molecular weight is 344 g/mol. The Bertz CT molecular complexity index is 680. The van der Waals surface area contributed by atoms with Gasteiger partial charge in [0, 0.05) is 18.6 Å². The highest BCUT2D eigenvalue weighted by molar-refractivity contribution is 5.93. The van der Waals surface area contributed by atoms with Gasteiger partial charge in [-0.25, -0.2) is 0 Å². The molecule has 0 unspecified atom stereocenters. The van der Waals surface area contributed by atoms with E-state index in [1.165, 1.54) is 63.8 Å². The summed E-state index contributed by atoms with van der Waals surface area (Å²) in [7, 11) is 1.50. The lowest BCUT2D eigenvalue weighted by atomic mass is 9.49. The standard InChI is InChI=1S/C19H24N2O4/c1-25-17-3-2-15(21(23)24)7-16(17)20-18(22)11-19-8-12-4-13(9-19)6-14(5-12)10-19/h2-3,7,12-14H,4-6,8-11H2,1H3,(H,20,22). The highest BCUT2D eigenvalue weighted by atomic mass is 16.6. The second kappa shape index (κ2) is 6.00. The van der Waals surface area contributed by atoms with E-state index in [9.17, 15) is 14.9 Å². The van der Waals surface area contributed by atoms with E-state index < -0.39 is 4.92 Å². The third-order valence-electron chi connectivity index (χ3n) is 6.37. The lowest BCUT2D eigenvalue weighted by Gasteiger charge is -2.56. The number of nitrogens with zero attached hydrogens (tertiary/aromatic N) is 1. The summed E-state index contributed by atoms with van der Waals surface area (Å²) >= 11 is 0. The van der Waals surface area contributed by atoms with Crippen LogP contribution in [0.2, 0.25) is 0 Å². The van der Waals surface area contributed by atoms with Crippen LogP contribution in [0.25, 0.3) is 0 Å². The fourth-order valence-electron chi connectivity index (χ4n) is 5.95. The zero-order chi connectivity index (χ0) is 17.6. The minimum absolute atomic E-state index is 0.0501. The number of benzene rings is 1. The monoisotopic (exact) mass is 344 g/mol. The smallest absolute Gasteiger partial charge is 0.271 e. The van der Waals surface area contributed by atoms with E-state index in [2.05, 4.69) is 5.32 Å². The van der Waals surface area contributed by atoms with Crippen molar-refractivity contribution in [1.29, 1.82) is 0 Å². The lowest BCUT2D eigenvalue weighted by molar-refractivity contribution is -0.384. The number of carbonyl (C=O) groups excluding carboxylic acids is 1. The number of hydrogen-bond acceptors (Lipinski definition) is 4. The van der Waals surface area contributed by atoms with E-state index in [0.717, 1.165) is 17.8 Å². The molecular formula is C19H24N2O4. The normalized spacial score (nSPS) is 32.4. The van der Waals surface area contributed by atoms with E-state index in [0.29, 0.717) is 17.9 Å². The molecule has 1 N–H and O–H groups in total. The molecule has 0 saturated heterocycles. The molecule has 1 aromatic carbocycles. The van der Waals surface area contributed by atoms with Gasteiger partial charge in [-0.2, -0.15) is 0 Å². The summed E-state index contributed by atoms with van der Waals surface area (Å²) in [5, 5.41) is 13.9. The molecule has 4 aliphatic carbocycles. The number of nitro benzene ring substituents is 1. The van der Waals surface area contributed by atoms with Crippen molar-refractivity contribution in [3.05, 3.63) is 28.3 Å². The number of hydrogen-bond donors (Lipinski definition) is 1. The van der Waals surface area contributed by atoms with Gasteiger partial charge in [0.25, 0.3) is 5.69 Å². The van der Waals surface area contributed by atoms with Gasteiger partial charge in [0.05, 0.1) is 17.7 Å². The van der Waals surface area contributed by atoms with Gasteiger partial charge in [0.2, 0.25) is 5.91 Å². The van der Waals surface area contributed by atoms with Crippen molar-refractivity contribution in [3.8, 4) is 5.75 Å². The Kier molecular flexibility index (Phi) is 3.93. The Balaban J connectivity index is 1.49. The highest BCUT2D eigenvalue weighted by Gasteiger charge is 2.51. The molecule has 4 bridgehead atoms. The number of carbonyl (C=O) groups is 1. The van der Waals surface area contributed by atoms with Crippen molar-refractivity contribution >= 4 is 17.3 Å². The topological polar surface area (TPSA) is 81.5 Å². The summed E-state index contributed by atoms with van der Waals surface area (Å²) in [6, 6.07) is 4.28. The number of anilines is 1. The molecule has 134 valence electrons. The molecule has 4 saturated carbocycles. The highest BCUT2D eigenvalue weighted by Crippen LogP contribution is 2.61. The predicted molar refractivity (Wildman–Crippen MR) is 93.5 cm³/mol. The number of amides is 1. The van der Waals surface area contributed by atoms with Crippen molar-refractivity contribution in [2.75, 3.05) is 12.4 Å². The third-order valence-corrected chi connectivity index (χ3v) is 6.37. The number of nitrogens with one attached hydrogen (secondary N) is 1. The molecule has 1 aromatic rings. The van der Waals surface area contributed by atoms with Crippen molar-refractivity contribution in [1.82, 2.24) is 0 Å². The molecule has 5 rings (SSSR count). The number of rotatable bonds is 5. The molecular weight excluding hydrogens is 320 g/mol. The quantitative estimate of drug-likeness (QED) is 0.642. The van der Waals surface area contributed by atoms with Crippen molar-refractivity contribution in [2.24, 2.45) is 23.2 Å². The van der Waals surface area contributed by atoms with Crippen LogP contribution >= 0.6 is 0 Å². The lowest BCUT2D eigenvalue weighted by Crippen LogP contribution is -2.47. The molecule has 6 heteroatoms. The zero-order valence-electron chi connectivity index (χ0n) is 14.5. The SMILES string of the molecule is COc1ccc([N+](=O)[O-])cc1NC(=O)CC12CC3CC(CC(C3)C1)C2. The third kappa shape index (κ3) is 3.10. The Morgan fingerprint density at radius 1 is 1.24 bits per heavy atom. The van der Waals surface area contributed by atoms with Crippen molar-refractivity contribution in [2.45, 2.75) is 44.9 Å². The van der Waals surface area contributed by atoms with Gasteiger partial charge in [-0.05, 0) is 67.8 Å². The van der Waals surface area contributed by atoms with Gasteiger partial charge in [-0.1, -0.05) is 0 Å². The maximum atomic E-state index is 12.7. The first kappa shape index (κ1) is 16.4. The van der Waals surface area contributed by atoms with Crippen LogP contribution in [0.1, 0.15) is 44.9 Å². The van der Waals surface area contributed by atoms with Crippen LogP contribution in [0.15, 0.2) is 18.2 Å². The summed E-state index contributed by atoms with van der Waals surface area (Å²) in [5.74, 6) is 2.79. The van der Waals surface area contributed by atoms with E-state index >= 15 is 0 Å². The van der Waals surface area contributed by atoms with Gasteiger partial charge in [-0.15, -0.1) is 0 Å². The van der Waals surface area contributed by atoms with Gasteiger partial charge < -0.3 is 10.1 Å². The van der Waals surface area contributed by atoms with Crippen LogP contribution < -0.4 is 10.1 Å². The Hall–Kier alpha value is -2.11. The molecule has 0 atom stereocenters. The minimum Gasteiger partial charge on any atom is -0.495 e. The summed E-state index contributed by atoms with van der Waals surface area (Å²) in [6.07, 6.45) is 8.05. The van der Waals surface area contributed by atoms with E-state index in [-0.39, 0.29) is 17.0 Å². The van der Waals surface area contributed by atoms with Gasteiger partial charge in [-0.3, -0.25) is 14.9 Å². The van der Waals surface area contributed by atoms with Crippen LogP contribution in [0.5, 0.6) is 5.75 Å². The molecule has 4 fully saturated rings. The molecule has 1 amide bonds. The summed E-state index contributed by atoms with van der Waals surface area (Å²) < 4.78 is 5.24. The van der Waals surface area contributed by atoms with Gasteiger partial charge in [0.15, 0.2) is 0 Å². The Morgan fingerprint density at radius 3 is 2.36 bits per heavy atom. The fourth-order valence-corrected chi connectivity index (χ4v) is 5.95. The fraction of sp³-hybridized carbons (Fsp3) is 0.632. The van der Waals surface area contributed by atoms with Gasteiger partial charge >= 0.3 is 0 Å². The Morgan fingerprint density at radius 2 is 1.84 bits per heavy atom. The first-order chi connectivity index (χ1) is 12.0. The predicted octanol–water partition coefficient (Wildman–Crippen LogP) is 4.15. The minimum atomic E-state index is -0.464. The van der Waals surface area contributed by atoms with Crippen LogP contribution in [-0.4, -0.2) is 17.9 Å². The molecule has 0 aliphatic heterocycles. The van der Waals surface area contributed by atoms with Crippen molar-refractivity contribution < 1.29 is 14.5 Å². The first-order valence-electron chi connectivity index (χ1n) is 9.09. The van der Waals surface area contributed by atoms with E-state index in [4.69, 9.17) is 4.74 Å². The molecule has 0 spiro atoms. The maximum Gasteiger partial charge on any atom is 0.271 e. The number of nitro groups is 1. The second-order valence-electron chi connectivity index (χ2n) is 8.28. The largest absolute Gasteiger partial charge is 0.495 e. The summed E-state index contributed by atoms with van der Waals surface area (Å²) in [4.78, 5) is 23.2. The zero-order valence-corrected chi connectivity index (χ0v) is 14.5. The van der Waals surface area contributed by atoms with Crippen LogP contribution in [0, 0.1) is 33.3 Å². The number of ether oxygens (including phenoxy) is 1. The first-order valence-corrected chi connectivity index (χ1v) is 9.09. The van der Waals surface area contributed by atoms with Crippen LogP contribution in [0.3, 0.4) is 0 Å². The molecule has 0 aromatic heterocycles. The maximum absolute atomic E-state index is 12.7.